The van der Waals surface area contributed by atoms with Crippen LogP contribution in [0.3, 0.4) is 0 Å². The van der Waals surface area contributed by atoms with E-state index in [1.807, 2.05) is 0 Å². The molecule has 2 amide bonds. The Morgan fingerprint density at radius 3 is 2.70 bits per heavy atom. The minimum absolute atomic E-state index is 0.00504. The molecule has 0 radical (unpaired) electrons. The summed E-state index contributed by atoms with van der Waals surface area (Å²) in [6.45, 7) is -0.290. The molecule has 0 aliphatic rings. The van der Waals surface area contributed by atoms with Crippen LogP contribution < -0.4 is 5.32 Å². The lowest BCUT2D eigenvalue weighted by molar-refractivity contribution is -0.384. The summed E-state index contributed by atoms with van der Waals surface area (Å²) in [5, 5.41) is 21.6. The van der Waals surface area contributed by atoms with Gasteiger partial charge in [-0.2, -0.15) is 0 Å². The van der Waals surface area contributed by atoms with Crippen LogP contribution in [0.2, 0.25) is 5.02 Å². The minimum Gasteiger partial charge on any atom is -0.395 e. The Labute approximate surface area is 119 Å². The average Bonchev–Trinajstić information content (AvgIpc) is 2.40. The van der Waals surface area contributed by atoms with Gasteiger partial charge in [-0.05, 0) is 6.07 Å². The van der Waals surface area contributed by atoms with E-state index < -0.39 is 16.7 Å². The van der Waals surface area contributed by atoms with Crippen LogP contribution >= 0.6 is 11.6 Å². The van der Waals surface area contributed by atoms with Gasteiger partial charge in [-0.15, -0.1) is 0 Å². The Bertz CT molecular complexity index is 549. The number of nitro groups is 1. The Kier molecular flexibility index (Phi) is 5.42. The van der Waals surface area contributed by atoms with Crippen LogP contribution in [0.5, 0.6) is 0 Å². The number of nitrogens with one attached hydrogen (secondary N) is 1. The summed E-state index contributed by atoms with van der Waals surface area (Å²) < 4.78 is 0. The second-order valence-electron chi connectivity index (χ2n) is 3.83. The number of anilines is 1. The molecule has 0 aliphatic carbocycles. The fraction of sp³-hybridized carbons (Fsp3) is 0.273. The summed E-state index contributed by atoms with van der Waals surface area (Å²) in [6, 6.07) is 3.48. The molecule has 2 N–H and O–H groups in total. The maximum Gasteiger partial charge on any atom is 0.313 e. The zero-order chi connectivity index (χ0) is 15.3. The number of nitro benzene ring substituents is 1. The molecule has 8 nitrogen and oxygen atoms in total. The first-order valence-electron chi connectivity index (χ1n) is 5.48. The van der Waals surface area contributed by atoms with Crippen molar-refractivity contribution >= 4 is 34.8 Å². The van der Waals surface area contributed by atoms with Gasteiger partial charge in [0, 0.05) is 25.7 Å². The normalized spacial score (nSPS) is 9.95. The quantitative estimate of drug-likeness (QED) is 0.481. The smallest absolute Gasteiger partial charge is 0.313 e. The van der Waals surface area contributed by atoms with Crippen LogP contribution in [0.4, 0.5) is 11.4 Å². The molecule has 0 fully saturated rings. The van der Waals surface area contributed by atoms with Gasteiger partial charge in [-0.3, -0.25) is 19.7 Å². The lowest BCUT2D eigenvalue weighted by atomic mass is 10.2. The van der Waals surface area contributed by atoms with E-state index in [2.05, 4.69) is 5.32 Å². The van der Waals surface area contributed by atoms with Crippen molar-refractivity contribution in [2.45, 2.75) is 0 Å². The second kappa shape index (κ2) is 6.83. The van der Waals surface area contributed by atoms with Gasteiger partial charge in [0.15, 0.2) is 0 Å². The van der Waals surface area contributed by atoms with Crippen molar-refractivity contribution in [1.29, 1.82) is 0 Å². The molecule has 0 atom stereocenters. The molecule has 0 saturated carbocycles. The van der Waals surface area contributed by atoms with E-state index >= 15 is 0 Å². The Balaban J connectivity index is 2.87. The van der Waals surface area contributed by atoms with Gasteiger partial charge in [0.25, 0.3) is 5.69 Å². The number of non-ortho nitro benzene ring substituents is 1. The first kappa shape index (κ1) is 15.9. The number of hydrogen-bond acceptors (Lipinski definition) is 5. The van der Waals surface area contributed by atoms with E-state index in [9.17, 15) is 19.7 Å². The Hall–Kier alpha value is -2.19. The summed E-state index contributed by atoms with van der Waals surface area (Å²) in [5.74, 6) is -1.88. The first-order chi connectivity index (χ1) is 9.36. The van der Waals surface area contributed by atoms with Gasteiger partial charge in [-0.25, -0.2) is 0 Å². The number of aliphatic hydroxyl groups excluding tert-OH is 1. The summed E-state index contributed by atoms with van der Waals surface area (Å²) in [4.78, 5) is 34.2. The molecular formula is C11H12ClN3O5. The molecule has 0 saturated heterocycles. The number of likely N-dealkylation sites (N-methyl/N-ethyl adjacent to an activating group) is 1. The zero-order valence-corrected chi connectivity index (χ0v) is 11.3. The fourth-order valence-electron chi connectivity index (χ4n) is 1.32. The molecule has 1 aromatic rings. The van der Waals surface area contributed by atoms with Crippen molar-refractivity contribution in [2.75, 3.05) is 25.5 Å². The molecular weight excluding hydrogens is 290 g/mol. The number of nitrogens with zero attached hydrogens (tertiary/aromatic N) is 2. The van der Waals surface area contributed by atoms with Crippen LogP contribution in [-0.2, 0) is 9.59 Å². The lowest BCUT2D eigenvalue weighted by Gasteiger charge is -2.15. The monoisotopic (exact) mass is 301 g/mol. The summed E-state index contributed by atoms with van der Waals surface area (Å²) in [5.41, 5.74) is -0.294. The average molecular weight is 302 g/mol. The number of amides is 2. The summed E-state index contributed by atoms with van der Waals surface area (Å²) >= 11 is 5.79. The molecule has 20 heavy (non-hydrogen) atoms. The number of carbonyl (C=O) groups excluding carboxylic acids is 2. The SMILES string of the molecule is CN(CCO)C(=O)C(=O)Nc1cc([N+](=O)[O-])ccc1Cl. The standard InChI is InChI=1S/C11H12ClN3O5/c1-14(4-5-16)11(18)10(17)13-9-6-7(15(19)20)2-3-8(9)12/h2-3,6,16H,4-5H2,1H3,(H,13,17). The fourth-order valence-corrected chi connectivity index (χ4v) is 1.49. The third kappa shape index (κ3) is 3.90. The van der Waals surface area contributed by atoms with Gasteiger partial charge in [-0.1, -0.05) is 11.6 Å². The predicted molar refractivity (Wildman–Crippen MR) is 71.5 cm³/mol. The number of aliphatic hydroxyl groups is 1. The van der Waals surface area contributed by atoms with E-state index in [0.29, 0.717) is 0 Å². The summed E-state index contributed by atoms with van der Waals surface area (Å²) in [6.07, 6.45) is 0. The molecule has 0 spiro atoms. The van der Waals surface area contributed by atoms with Crippen LogP contribution in [0, 0.1) is 10.1 Å². The zero-order valence-electron chi connectivity index (χ0n) is 10.5. The van der Waals surface area contributed by atoms with Gasteiger partial charge >= 0.3 is 11.8 Å². The molecule has 0 aliphatic heterocycles. The molecule has 0 aromatic heterocycles. The maximum atomic E-state index is 11.6. The van der Waals surface area contributed by atoms with Crippen molar-refractivity contribution in [3.63, 3.8) is 0 Å². The van der Waals surface area contributed by atoms with Gasteiger partial charge in [0.1, 0.15) is 0 Å². The van der Waals surface area contributed by atoms with E-state index in [4.69, 9.17) is 16.7 Å². The third-order valence-electron chi connectivity index (χ3n) is 2.39. The van der Waals surface area contributed by atoms with Gasteiger partial charge in [0.05, 0.1) is 22.2 Å². The highest BCUT2D eigenvalue weighted by Gasteiger charge is 2.20. The molecule has 0 unspecified atom stereocenters. The molecule has 1 aromatic carbocycles. The highest BCUT2D eigenvalue weighted by atomic mass is 35.5. The molecule has 9 heteroatoms. The van der Waals surface area contributed by atoms with Crippen molar-refractivity contribution in [3.8, 4) is 0 Å². The van der Waals surface area contributed by atoms with E-state index in [1.165, 1.54) is 19.2 Å². The molecule has 108 valence electrons. The maximum absolute atomic E-state index is 11.6. The summed E-state index contributed by atoms with van der Waals surface area (Å²) in [7, 11) is 1.34. The second-order valence-corrected chi connectivity index (χ2v) is 4.23. The van der Waals surface area contributed by atoms with Crippen molar-refractivity contribution in [3.05, 3.63) is 33.3 Å². The minimum atomic E-state index is -0.997. The third-order valence-corrected chi connectivity index (χ3v) is 2.71. The molecule has 1 rings (SSSR count). The van der Waals surface area contributed by atoms with Gasteiger partial charge in [0.2, 0.25) is 0 Å². The van der Waals surface area contributed by atoms with Crippen LogP contribution in [-0.4, -0.2) is 46.9 Å². The molecule has 0 bridgehead atoms. The Morgan fingerprint density at radius 1 is 1.50 bits per heavy atom. The lowest BCUT2D eigenvalue weighted by Crippen LogP contribution is -2.38. The topological polar surface area (TPSA) is 113 Å². The van der Waals surface area contributed by atoms with Crippen LogP contribution in [0.25, 0.3) is 0 Å². The first-order valence-corrected chi connectivity index (χ1v) is 5.86. The highest BCUT2D eigenvalue weighted by molar-refractivity contribution is 6.41. The van der Waals surface area contributed by atoms with E-state index in [1.54, 1.807) is 0 Å². The van der Waals surface area contributed by atoms with Gasteiger partial charge < -0.3 is 15.3 Å². The Morgan fingerprint density at radius 2 is 2.15 bits per heavy atom. The number of benzene rings is 1. The van der Waals surface area contributed by atoms with E-state index in [0.717, 1.165) is 11.0 Å². The van der Waals surface area contributed by atoms with Crippen LogP contribution in [0.1, 0.15) is 0 Å². The van der Waals surface area contributed by atoms with E-state index in [-0.39, 0.29) is 29.5 Å². The number of rotatable bonds is 4. The van der Waals surface area contributed by atoms with Crippen molar-refractivity contribution in [1.82, 2.24) is 4.90 Å². The predicted octanol–water partition coefficient (Wildman–Crippen LogP) is 0.637. The largest absolute Gasteiger partial charge is 0.395 e. The highest BCUT2D eigenvalue weighted by Crippen LogP contribution is 2.26. The number of carbonyl (C=O) groups is 2. The van der Waals surface area contributed by atoms with Crippen LogP contribution in [0.15, 0.2) is 18.2 Å². The molecule has 0 heterocycles. The number of hydrogen-bond donors (Lipinski definition) is 2. The van der Waals surface area contributed by atoms with Crippen molar-refractivity contribution < 1.29 is 19.6 Å². The number of halogens is 1. The van der Waals surface area contributed by atoms with Crippen molar-refractivity contribution in [2.24, 2.45) is 0 Å².